The van der Waals surface area contributed by atoms with Gasteiger partial charge in [0.1, 0.15) is 0 Å². The number of benzene rings is 1. The molecule has 2 aromatic rings. The highest BCUT2D eigenvalue weighted by atomic mass is 32.1. The Kier molecular flexibility index (Phi) is 3.24. The molecule has 1 aromatic heterocycles. The van der Waals surface area contributed by atoms with Crippen LogP contribution >= 0.6 is 23.6 Å². The van der Waals surface area contributed by atoms with Crippen LogP contribution in [0.2, 0.25) is 0 Å². The van der Waals surface area contributed by atoms with Gasteiger partial charge in [0.05, 0.1) is 23.4 Å². The summed E-state index contributed by atoms with van der Waals surface area (Å²) in [6, 6.07) is 8.30. The van der Waals surface area contributed by atoms with Crippen LogP contribution in [0.4, 0.5) is 0 Å². The zero-order chi connectivity index (χ0) is 11.7. The average molecular weight is 267 g/mol. The smallest absolute Gasteiger partial charge is 0.162 e. The maximum Gasteiger partial charge on any atom is 0.162 e. The Bertz CT molecular complexity index is 569. The number of rotatable bonds is 3. The Morgan fingerprint density at radius 3 is 2.88 bits per heavy atom. The number of ether oxygens (including phenoxy) is 2. The molecule has 17 heavy (non-hydrogen) atoms. The van der Waals surface area contributed by atoms with Gasteiger partial charge in [-0.15, -0.1) is 11.3 Å². The van der Waals surface area contributed by atoms with Crippen molar-refractivity contribution in [2.75, 3.05) is 13.2 Å². The lowest BCUT2D eigenvalue weighted by atomic mass is 10.3. The van der Waals surface area contributed by atoms with Gasteiger partial charge in [-0.1, -0.05) is 12.1 Å². The van der Waals surface area contributed by atoms with Crippen molar-refractivity contribution >= 4 is 33.8 Å². The van der Waals surface area contributed by atoms with Crippen LogP contribution in [0.15, 0.2) is 24.3 Å². The van der Waals surface area contributed by atoms with Crippen LogP contribution in [0.3, 0.4) is 0 Å². The van der Waals surface area contributed by atoms with Crippen LogP contribution in [-0.4, -0.2) is 24.1 Å². The lowest BCUT2D eigenvalue weighted by molar-refractivity contribution is -0.0489. The van der Waals surface area contributed by atoms with E-state index in [9.17, 15) is 0 Å². The van der Waals surface area contributed by atoms with Gasteiger partial charge < -0.3 is 14.0 Å². The molecule has 0 amide bonds. The van der Waals surface area contributed by atoms with Crippen molar-refractivity contribution in [1.29, 1.82) is 0 Å². The molecule has 1 aliphatic rings. The molecular formula is C12H13NO2S2. The minimum absolute atomic E-state index is 0.0597. The highest BCUT2D eigenvalue weighted by Crippen LogP contribution is 2.23. The fourth-order valence-electron chi connectivity index (χ4n) is 2.03. The van der Waals surface area contributed by atoms with E-state index in [4.69, 9.17) is 21.7 Å². The minimum Gasteiger partial charge on any atom is -0.350 e. The van der Waals surface area contributed by atoms with E-state index in [1.165, 1.54) is 10.2 Å². The second-order valence-electron chi connectivity index (χ2n) is 3.95. The summed E-state index contributed by atoms with van der Waals surface area (Å²) in [6.45, 7) is 2.27. The standard InChI is InChI=1S/C12H13NO2S2/c16-12-13(6-5-11-14-7-8-15-11)9-3-1-2-4-10(9)17-12/h1-4,11H,5-8H2. The van der Waals surface area contributed by atoms with E-state index in [0.29, 0.717) is 13.2 Å². The van der Waals surface area contributed by atoms with Gasteiger partial charge in [0.25, 0.3) is 0 Å². The van der Waals surface area contributed by atoms with Crippen molar-refractivity contribution < 1.29 is 9.47 Å². The SMILES string of the molecule is S=c1sc2ccccc2n1CCC1OCCO1. The van der Waals surface area contributed by atoms with Crippen LogP contribution in [0, 0.1) is 3.95 Å². The van der Waals surface area contributed by atoms with E-state index in [1.54, 1.807) is 11.3 Å². The second kappa shape index (κ2) is 4.86. The van der Waals surface area contributed by atoms with Gasteiger partial charge in [-0.25, -0.2) is 0 Å². The maximum atomic E-state index is 5.44. The van der Waals surface area contributed by atoms with Crippen LogP contribution in [-0.2, 0) is 16.0 Å². The normalized spacial score (nSPS) is 16.9. The molecule has 3 nitrogen and oxygen atoms in total. The average Bonchev–Trinajstić information content (AvgIpc) is 2.93. The fraction of sp³-hybridized carbons (Fsp3) is 0.417. The monoisotopic (exact) mass is 267 g/mol. The molecule has 0 radical (unpaired) electrons. The Hall–Kier alpha value is -0.750. The van der Waals surface area contributed by atoms with E-state index in [2.05, 4.69) is 16.7 Å². The minimum atomic E-state index is -0.0597. The number of hydrogen-bond donors (Lipinski definition) is 0. The number of aryl methyl sites for hydroxylation is 1. The van der Waals surface area contributed by atoms with Gasteiger partial charge in [0.2, 0.25) is 0 Å². The van der Waals surface area contributed by atoms with Crippen molar-refractivity contribution in [2.45, 2.75) is 19.3 Å². The summed E-state index contributed by atoms with van der Waals surface area (Å²) >= 11 is 7.05. The molecule has 1 aromatic carbocycles. The van der Waals surface area contributed by atoms with Gasteiger partial charge in [0.15, 0.2) is 10.2 Å². The topological polar surface area (TPSA) is 23.4 Å². The van der Waals surface area contributed by atoms with E-state index in [-0.39, 0.29) is 6.29 Å². The third-order valence-electron chi connectivity index (χ3n) is 2.85. The lowest BCUT2D eigenvalue weighted by Gasteiger charge is -2.09. The summed E-state index contributed by atoms with van der Waals surface area (Å²) in [4.78, 5) is 0. The number of nitrogens with zero attached hydrogens (tertiary/aromatic N) is 1. The zero-order valence-electron chi connectivity index (χ0n) is 9.30. The first-order valence-electron chi connectivity index (χ1n) is 5.66. The van der Waals surface area contributed by atoms with Crippen LogP contribution in [0.5, 0.6) is 0 Å². The molecule has 0 spiro atoms. The number of aromatic nitrogens is 1. The zero-order valence-corrected chi connectivity index (χ0v) is 10.9. The number of hydrogen-bond acceptors (Lipinski definition) is 4. The van der Waals surface area contributed by atoms with Crippen molar-refractivity contribution in [2.24, 2.45) is 0 Å². The van der Waals surface area contributed by atoms with Crippen LogP contribution in [0.25, 0.3) is 10.2 Å². The molecule has 2 heterocycles. The van der Waals surface area contributed by atoms with Crippen molar-refractivity contribution in [1.82, 2.24) is 4.57 Å². The van der Waals surface area contributed by atoms with Crippen molar-refractivity contribution in [3.05, 3.63) is 28.2 Å². The second-order valence-corrected chi connectivity index (χ2v) is 5.62. The molecule has 0 saturated carbocycles. The van der Waals surface area contributed by atoms with Crippen molar-refractivity contribution in [3.8, 4) is 0 Å². The maximum absolute atomic E-state index is 5.44. The van der Waals surface area contributed by atoms with E-state index >= 15 is 0 Å². The highest BCUT2D eigenvalue weighted by Gasteiger charge is 2.16. The quantitative estimate of drug-likeness (QED) is 0.798. The Labute approximate surface area is 109 Å². The largest absolute Gasteiger partial charge is 0.350 e. The molecule has 0 atom stereocenters. The Morgan fingerprint density at radius 2 is 2.06 bits per heavy atom. The van der Waals surface area contributed by atoms with Gasteiger partial charge in [0, 0.05) is 13.0 Å². The first kappa shape index (κ1) is 11.3. The molecule has 0 N–H and O–H groups in total. The molecule has 0 aliphatic carbocycles. The molecule has 1 saturated heterocycles. The summed E-state index contributed by atoms with van der Waals surface area (Å²) in [5.41, 5.74) is 1.21. The van der Waals surface area contributed by atoms with E-state index in [1.807, 2.05) is 12.1 Å². The van der Waals surface area contributed by atoms with Crippen LogP contribution < -0.4 is 0 Å². The summed E-state index contributed by atoms with van der Waals surface area (Å²) in [7, 11) is 0. The molecule has 5 heteroatoms. The third-order valence-corrected chi connectivity index (χ3v) is 4.28. The molecular weight excluding hydrogens is 254 g/mol. The van der Waals surface area contributed by atoms with Gasteiger partial charge in [-0.2, -0.15) is 0 Å². The summed E-state index contributed by atoms with van der Waals surface area (Å²) in [5.74, 6) is 0. The number of thiazole rings is 1. The number of para-hydroxylation sites is 1. The molecule has 0 unspecified atom stereocenters. The van der Waals surface area contributed by atoms with Gasteiger partial charge in [-0.05, 0) is 24.4 Å². The molecule has 0 bridgehead atoms. The van der Waals surface area contributed by atoms with E-state index in [0.717, 1.165) is 16.9 Å². The molecule has 1 fully saturated rings. The predicted octanol–water partition coefficient (Wildman–Crippen LogP) is 3.20. The predicted molar refractivity (Wildman–Crippen MR) is 71.0 cm³/mol. The summed E-state index contributed by atoms with van der Waals surface area (Å²) in [6.07, 6.45) is 0.797. The Balaban J connectivity index is 1.84. The third kappa shape index (κ3) is 2.28. The summed E-state index contributed by atoms with van der Waals surface area (Å²) in [5, 5.41) is 0. The lowest BCUT2D eigenvalue weighted by Crippen LogP contribution is -2.11. The number of fused-ring (bicyclic) bond motifs is 1. The highest BCUT2D eigenvalue weighted by molar-refractivity contribution is 7.73. The van der Waals surface area contributed by atoms with Crippen LogP contribution in [0.1, 0.15) is 6.42 Å². The molecule has 3 rings (SSSR count). The van der Waals surface area contributed by atoms with E-state index < -0.39 is 0 Å². The first-order chi connectivity index (χ1) is 8.34. The fourth-order valence-corrected chi connectivity index (χ4v) is 3.41. The van der Waals surface area contributed by atoms with Crippen molar-refractivity contribution in [3.63, 3.8) is 0 Å². The molecule has 1 aliphatic heterocycles. The summed E-state index contributed by atoms with van der Waals surface area (Å²) < 4.78 is 15.2. The molecule has 90 valence electrons. The van der Waals surface area contributed by atoms with Gasteiger partial charge in [-0.3, -0.25) is 0 Å². The van der Waals surface area contributed by atoms with Gasteiger partial charge >= 0.3 is 0 Å². The Morgan fingerprint density at radius 1 is 1.29 bits per heavy atom. The first-order valence-corrected chi connectivity index (χ1v) is 6.88.